The molecule has 0 aliphatic carbocycles. The van der Waals surface area contributed by atoms with Crippen molar-refractivity contribution in [3.05, 3.63) is 36.0 Å². The molecular weight excluding hydrogens is 380 g/mol. The first-order chi connectivity index (χ1) is 14.6. The molecule has 2 fully saturated rings. The molecule has 0 saturated carbocycles. The van der Waals surface area contributed by atoms with Gasteiger partial charge >= 0.3 is 0 Å². The topological polar surface area (TPSA) is 87.4 Å². The van der Waals surface area contributed by atoms with Crippen LogP contribution in [0.3, 0.4) is 0 Å². The van der Waals surface area contributed by atoms with Crippen molar-refractivity contribution in [2.24, 2.45) is 5.92 Å². The number of hydrogen-bond donors (Lipinski definition) is 1. The number of aromatic nitrogens is 3. The van der Waals surface area contributed by atoms with Crippen molar-refractivity contribution in [1.82, 2.24) is 25.3 Å². The lowest BCUT2D eigenvalue weighted by Crippen LogP contribution is -2.51. The molecule has 0 bridgehead atoms. The number of pyridine rings is 1. The Morgan fingerprint density at radius 1 is 1.27 bits per heavy atom. The van der Waals surface area contributed by atoms with E-state index in [0.29, 0.717) is 24.4 Å². The molecule has 2 aliphatic heterocycles. The Labute approximate surface area is 178 Å². The van der Waals surface area contributed by atoms with Gasteiger partial charge in [0.15, 0.2) is 0 Å². The SMILES string of the molecule is CC(C)c1nc(N2CCC(N3CCC[C@@H](C(=O)NCc4cccnc4)C3)CC2)no1. The lowest BCUT2D eigenvalue weighted by atomic mass is 9.93. The summed E-state index contributed by atoms with van der Waals surface area (Å²) in [6.45, 7) is 8.45. The van der Waals surface area contributed by atoms with Gasteiger partial charge in [0, 0.05) is 50.5 Å². The number of hydrogen-bond acceptors (Lipinski definition) is 7. The predicted octanol–water partition coefficient (Wildman–Crippen LogP) is 2.59. The summed E-state index contributed by atoms with van der Waals surface area (Å²) in [5.41, 5.74) is 1.04. The van der Waals surface area contributed by atoms with Crippen LogP contribution in [0.2, 0.25) is 0 Å². The van der Waals surface area contributed by atoms with E-state index in [4.69, 9.17) is 4.52 Å². The van der Waals surface area contributed by atoms with Crippen LogP contribution >= 0.6 is 0 Å². The maximum absolute atomic E-state index is 12.7. The lowest BCUT2D eigenvalue weighted by Gasteiger charge is -2.41. The number of anilines is 1. The minimum Gasteiger partial charge on any atom is -0.352 e. The Morgan fingerprint density at radius 3 is 2.80 bits per heavy atom. The molecule has 2 aromatic heterocycles. The van der Waals surface area contributed by atoms with E-state index in [1.54, 1.807) is 12.4 Å². The van der Waals surface area contributed by atoms with Gasteiger partial charge in [-0.1, -0.05) is 19.9 Å². The van der Waals surface area contributed by atoms with Crippen LogP contribution in [-0.4, -0.2) is 58.2 Å². The third kappa shape index (κ3) is 4.98. The molecule has 2 aliphatic rings. The fourth-order valence-electron chi connectivity index (χ4n) is 4.41. The maximum Gasteiger partial charge on any atom is 0.266 e. The number of piperidine rings is 2. The normalized spacial score (nSPS) is 21.2. The Kier molecular flexibility index (Phi) is 6.62. The van der Waals surface area contributed by atoms with Crippen molar-refractivity contribution < 1.29 is 9.32 Å². The van der Waals surface area contributed by atoms with Crippen LogP contribution in [0.5, 0.6) is 0 Å². The van der Waals surface area contributed by atoms with Gasteiger partial charge in [0.05, 0.1) is 5.92 Å². The Balaban J connectivity index is 1.26. The van der Waals surface area contributed by atoms with Gasteiger partial charge in [0.25, 0.3) is 5.95 Å². The Bertz CT molecular complexity index is 816. The van der Waals surface area contributed by atoms with Crippen LogP contribution in [0, 0.1) is 5.92 Å². The van der Waals surface area contributed by atoms with Crippen molar-refractivity contribution in [3.63, 3.8) is 0 Å². The van der Waals surface area contributed by atoms with E-state index in [1.165, 1.54) is 0 Å². The van der Waals surface area contributed by atoms with Crippen LogP contribution in [0.4, 0.5) is 5.95 Å². The number of carbonyl (C=O) groups excluding carboxylic acids is 1. The smallest absolute Gasteiger partial charge is 0.266 e. The highest BCUT2D eigenvalue weighted by atomic mass is 16.5. The molecule has 0 radical (unpaired) electrons. The summed E-state index contributed by atoms with van der Waals surface area (Å²) in [6, 6.07) is 4.41. The van der Waals surface area contributed by atoms with Crippen LogP contribution in [0.15, 0.2) is 29.0 Å². The summed E-state index contributed by atoms with van der Waals surface area (Å²) in [5.74, 6) is 1.89. The highest BCUT2D eigenvalue weighted by molar-refractivity contribution is 5.78. The van der Waals surface area contributed by atoms with E-state index in [1.807, 2.05) is 12.1 Å². The number of nitrogens with one attached hydrogen (secondary N) is 1. The summed E-state index contributed by atoms with van der Waals surface area (Å²) in [5, 5.41) is 7.24. The van der Waals surface area contributed by atoms with E-state index < -0.39 is 0 Å². The minimum atomic E-state index is 0.0688. The maximum atomic E-state index is 12.7. The highest BCUT2D eigenvalue weighted by Crippen LogP contribution is 2.26. The molecule has 1 N–H and O–H groups in total. The number of carbonyl (C=O) groups is 1. The quantitative estimate of drug-likeness (QED) is 0.780. The van der Waals surface area contributed by atoms with Gasteiger partial charge in [-0.05, 0) is 49.0 Å². The van der Waals surface area contributed by atoms with Gasteiger partial charge in [-0.2, -0.15) is 4.98 Å². The van der Waals surface area contributed by atoms with Crippen molar-refractivity contribution in [3.8, 4) is 0 Å². The second kappa shape index (κ2) is 9.55. The third-order valence-corrected chi connectivity index (χ3v) is 6.20. The van der Waals surface area contributed by atoms with Crippen molar-refractivity contribution in [1.29, 1.82) is 0 Å². The van der Waals surface area contributed by atoms with Crippen LogP contribution in [0.25, 0.3) is 0 Å². The molecule has 1 amide bonds. The van der Waals surface area contributed by atoms with Crippen molar-refractivity contribution in [2.75, 3.05) is 31.1 Å². The molecule has 8 heteroatoms. The van der Waals surface area contributed by atoms with Gasteiger partial charge in [-0.3, -0.25) is 14.7 Å². The van der Waals surface area contributed by atoms with Crippen molar-refractivity contribution >= 4 is 11.9 Å². The van der Waals surface area contributed by atoms with Crippen LogP contribution in [-0.2, 0) is 11.3 Å². The molecule has 2 saturated heterocycles. The largest absolute Gasteiger partial charge is 0.352 e. The van der Waals surface area contributed by atoms with Crippen LogP contribution < -0.4 is 10.2 Å². The average Bonchev–Trinajstić information content (AvgIpc) is 3.29. The average molecular weight is 413 g/mol. The monoisotopic (exact) mass is 412 g/mol. The molecule has 2 aromatic rings. The summed E-state index contributed by atoms with van der Waals surface area (Å²) < 4.78 is 5.36. The van der Waals surface area contributed by atoms with E-state index >= 15 is 0 Å². The predicted molar refractivity (Wildman–Crippen MR) is 114 cm³/mol. The van der Waals surface area contributed by atoms with E-state index in [9.17, 15) is 4.79 Å². The molecule has 0 unspecified atom stereocenters. The zero-order valence-electron chi connectivity index (χ0n) is 18.0. The Morgan fingerprint density at radius 2 is 2.10 bits per heavy atom. The van der Waals surface area contributed by atoms with Gasteiger partial charge < -0.3 is 14.7 Å². The number of likely N-dealkylation sites (tertiary alicyclic amines) is 1. The van der Waals surface area contributed by atoms with E-state index in [2.05, 4.69) is 44.1 Å². The highest BCUT2D eigenvalue weighted by Gasteiger charge is 2.32. The first-order valence-corrected chi connectivity index (χ1v) is 11.1. The van der Waals surface area contributed by atoms with Crippen LogP contribution in [0.1, 0.15) is 56.9 Å². The molecule has 1 atom stereocenters. The first-order valence-electron chi connectivity index (χ1n) is 11.1. The van der Waals surface area contributed by atoms with Crippen molar-refractivity contribution in [2.45, 2.75) is 58.0 Å². The Hall–Kier alpha value is -2.48. The minimum absolute atomic E-state index is 0.0688. The second-order valence-electron chi connectivity index (χ2n) is 8.72. The standard InChI is InChI=1S/C22H32N6O2/c1-16(2)21-25-22(26-30-21)27-11-7-19(8-12-27)28-10-4-6-18(15-28)20(29)24-14-17-5-3-9-23-13-17/h3,5,9,13,16,18-19H,4,6-8,10-12,14-15H2,1-2H3,(H,24,29)/t18-/m1/s1. The fourth-order valence-corrected chi connectivity index (χ4v) is 4.41. The van der Waals surface area contributed by atoms with Gasteiger partial charge in [-0.15, -0.1) is 0 Å². The first kappa shape index (κ1) is 20.8. The van der Waals surface area contributed by atoms with Gasteiger partial charge in [0.2, 0.25) is 11.8 Å². The zero-order valence-corrected chi connectivity index (χ0v) is 18.0. The third-order valence-electron chi connectivity index (χ3n) is 6.20. The number of rotatable bonds is 6. The van der Waals surface area contributed by atoms with E-state index in [-0.39, 0.29) is 17.7 Å². The summed E-state index contributed by atoms with van der Waals surface area (Å²) in [6.07, 6.45) is 7.72. The number of amides is 1. The fraction of sp³-hybridized carbons (Fsp3) is 0.636. The zero-order chi connectivity index (χ0) is 20.9. The second-order valence-corrected chi connectivity index (χ2v) is 8.72. The lowest BCUT2D eigenvalue weighted by molar-refractivity contribution is -0.127. The summed E-state index contributed by atoms with van der Waals surface area (Å²) >= 11 is 0. The molecule has 30 heavy (non-hydrogen) atoms. The molecule has 4 heterocycles. The summed E-state index contributed by atoms with van der Waals surface area (Å²) in [4.78, 5) is 26.1. The molecular formula is C22H32N6O2. The summed E-state index contributed by atoms with van der Waals surface area (Å²) in [7, 11) is 0. The molecule has 162 valence electrons. The van der Waals surface area contributed by atoms with E-state index in [0.717, 1.165) is 57.4 Å². The number of nitrogens with zero attached hydrogens (tertiary/aromatic N) is 5. The molecule has 0 spiro atoms. The molecule has 0 aromatic carbocycles. The molecule has 8 nitrogen and oxygen atoms in total. The van der Waals surface area contributed by atoms with Gasteiger partial charge in [-0.25, -0.2) is 0 Å². The molecule has 4 rings (SSSR count). The van der Waals surface area contributed by atoms with Gasteiger partial charge in [0.1, 0.15) is 0 Å².